The monoisotopic (exact) mass is 287 g/mol. The number of hydrogen-bond donors (Lipinski definition) is 1. The van der Waals surface area contributed by atoms with E-state index in [0.717, 1.165) is 31.4 Å². The van der Waals surface area contributed by atoms with Gasteiger partial charge in [-0.05, 0) is 38.3 Å². The molecule has 1 aromatic rings. The highest BCUT2D eigenvalue weighted by Gasteiger charge is 2.53. The van der Waals surface area contributed by atoms with Gasteiger partial charge in [-0.1, -0.05) is 19.3 Å². The quantitative estimate of drug-likeness (QED) is 0.903. The minimum atomic E-state index is -0.542. The fourth-order valence-electron chi connectivity index (χ4n) is 3.72. The van der Waals surface area contributed by atoms with Gasteiger partial charge in [-0.15, -0.1) is 0 Å². The van der Waals surface area contributed by atoms with Gasteiger partial charge in [-0.2, -0.15) is 0 Å². The van der Waals surface area contributed by atoms with E-state index >= 15 is 0 Å². The van der Waals surface area contributed by atoms with Crippen LogP contribution in [0.15, 0.2) is 18.3 Å². The van der Waals surface area contributed by atoms with Crippen molar-refractivity contribution in [3.05, 3.63) is 24.0 Å². The molecule has 0 bridgehead atoms. The largest absolute Gasteiger partial charge is 0.368 e. The molecule has 0 radical (unpaired) electrons. The Kier molecular flexibility index (Phi) is 3.43. The lowest BCUT2D eigenvalue weighted by molar-refractivity contribution is -0.127. The maximum atomic E-state index is 13.0. The van der Waals surface area contributed by atoms with Crippen LogP contribution in [0.5, 0.6) is 0 Å². The molecule has 2 N–H and O–H groups in total. The van der Waals surface area contributed by atoms with Gasteiger partial charge in [0.1, 0.15) is 6.04 Å². The van der Waals surface area contributed by atoms with Crippen LogP contribution < -0.4 is 10.6 Å². The summed E-state index contributed by atoms with van der Waals surface area (Å²) in [6.45, 7) is 1.89. The number of aromatic nitrogens is 1. The summed E-state index contributed by atoms with van der Waals surface area (Å²) in [6, 6.07) is 3.16. The lowest BCUT2D eigenvalue weighted by atomic mass is 9.72. The van der Waals surface area contributed by atoms with Crippen LogP contribution in [0.3, 0.4) is 0 Å². The molecule has 5 nitrogen and oxygen atoms in total. The summed E-state index contributed by atoms with van der Waals surface area (Å²) in [5.74, 6) is -0.372. The second-order valence-corrected chi connectivity index (χ2v) is 6.30. The molecular weight excluding hydrogens is 266 g/mol. The highest BCUT2D eigenvalue weighted by atomic mass is 16.2. The van der Waals surface area contributed by atoms with Crippen LogP contribution in [0.1, 0.15) is 44.2 Å². The van der Waals surface area contributed by atoms with Gasteiger partial charge in [0.05, 0.1) is 17.3 Å². The molecule has 1 saturated heterocycles. The Morgan fingerprint density at radius 1 is 1.33 bits per heavy atom. The summed E-state index contributed by atoms with van der Waals surface area (Å²) in [7, 11) is 0. The zero-order valence-electron chi connectivity index (χ0n) is 12.3. The van der Waals surface area contributed by atoms with Gasteiger partial charge < -0.3 is 5.73 Å². The van der Waals surface area contributed by atoms with Gasteiger partial charge in [-0.25, -0.2) is 0 Å². The molecule has 2 heterocycles. The third kappa shape index (κ3) is 2.30. The zero-order chi connectivity index (χ0) is 15.0. The number of primary amides is 1. The number of carbonyl (C=O) groups is 2. The van der Waals surface area contributed by atoms with Gasteiger partial charge in [-0.3, -0.25) is 19.5 Å². The summed E-state index contributed by atoms with van der Waals surface area (Å²) in [5, 5.41) is 0. The van der Waals surface area contributed by atoms with Crippen LogP contribution in [-0.2, 0) is 9.59 Å². The van der Waals surface area contributed by atoms with E-state index in [1.54, 1.807) is 11.1 Å². The molecule has 1 aromatic heterocycles. The van der Waals surface area contributed by atoms with E-state index in [-0.39, 0.29) is 11.3 Å². The summed E-state index contributed by atoms with van der Waals surface area (Å²) in [5.41, 5.74) is 6.73. The van der Waals surface area contributed by atoms with E-state index in [1.807, 2.05) is 19.1 Å². The number of aryl methyl sites for hydroxylation is 1. The van der Waals surface area contributed by atoms with Gasteiger partial charge in [0.2, 0.25) is 11.8 Å². The van der Waals surface area contributed by atoms with Gasteiger partial charge in [0, 0.05) is 5.69 Å². The lowest BCUT2D eigenvalue weighted by Crippen LogP contribution is -2.43. The van der Waals surface area contributed by atoms with E-state index in [0.29, 0.717) is 12.1 Å². The van der Waals surface area contributed by atoms with Crippen molar-refractivity contribution in [2.24, 2.45) is 11.1 Å². The Morgan fingerprint density at radius 2 is 2.05 bits per heavy atom. The molecule has 2 aliphatic rings. The van der Waals surface area contributed by atoms with Crippen molar-refractivity contribution in [1.29, 1.82) is 0 Å². The first kappa shape index (κ1) is 14.0. The number of anilines is 1. The maximum absolute atomic E-state index is 13.0. The Hall–Kier alpha value is -1.91. The highest BCUT2D eigenvalue weighted by Crippen LogP contribution is 2.48. The third-order valence-electron chi connectivity index (χ3n) is 4.88. The number of carbonyl (C=O) groups excluding carboxylic acids is 2. The Balaban J connectivity index is 1.98. The summed E-state index contributed by atoms with van der Waals surface area (Å²) in [6.07, 6.45) is 7.22. The van der Waals surface area contributed by atoms with Crippen molar-refractivity contribution >= 4 is 17.5 Å². The zero-order valence-corrected chi connectivity index (χ0v) is 12.3. The first-order chi connectivity index (χ1) is 10.0. The Bertz CT molecular complexity index is 561. The van der Waals surface area contributed by atoms with E-state index < -0.39 is 11.9 Å². The highest BCUT2D eigenvalue weighted by molar-refractivity contribution is 6.06. The molecule has 1 aliphatic heterocycles. The molecule has 0 aromatic carbocycles. The summed E-state index contributed by atoms with van der Waals surface area (Å²) >= 11 is 0. The molecule has 1 spiro atoms. The maximum Gasteiger partial charge on any atom is 0.240 e. The summed E-state index contributed by atoms with van der Waals surface area (Å²) in [4.78, 5) is 30.6. The number of amides is 2. The van der Waals surface area contributed by atoms with Crippen LogP contribution in [0, 0.1) is 12.3 Å². The van der Waals surface area contributed by atoms with Gasteiger partial charge >= 0.3 is 0 Å². The number of nitrogens with two attached hydrogens (primary N) is 1. The van der Waals surface area contributed by atoms with Crippen LogP contribution in [-0.4, -0.2) is 22.8 Å². The van der Waals surface area contributed by atoms with Crippen molar-refractivity contribution in [2.75, 3.05) is 4.90 Å². The molecular formula is C16H21N3O2. The predicted octanol–water partition coefficient (Wildman–Crippen LogP) is 1.93. The first-order valence-corrected chi connectivity index (χ1v) is 7.59. The van der Waals surface area contributed by atoms with E-state index in [9.17, 15) is 9.59 Å². The first-order valence-electron chi connectivity index (χ1n) is 7.59. The SMILES string of the molecule is Cc1ccc(N2C(=O)C3(CCCCC3)CC2C(N)=O)cn1. The molecule has 3 rings (SSSR count). The van der Waals surface area contributed by atoms with Crippen molar-refractivity contribution in [2.45, 2.75) is 51.5 Å². The number of pyridine rings is 1. The lowest BCUT2D eigenvalue weighted by Gasteiger charge is -2.31. The smallest absolute Gasteiger partial charge is 0.240 e. The third-order valence-corrected chi connectivity index (χ3v) is 4.88. The van der Waals surface area contributed by atoms with Crippen molar-refractivity contribution in [3.63, 3.8) is 0 Å². The fourth-order valence-corrected chi connectivity index (χ4v) is 3.72. The second-order valence-electron chi connectivity index (χ2n) is 6.30. The van der Waals surface area contributed by atoms with Crippen LogP contribution in [0.2, 0.25) is 0 Å². The minimum absolute atomic E-state index is 0.0525. The van der Waals surface area contributed by atoms with Crippen molar-refractivity contribution in [3.8, 4) is 0 Å². The number of hydrogen-bond acceptors (Lipinski definition) is 3. The predicted molar refractivity (Wildman–Crippen MR) is 79.6 cm³/mol. The molecule has 2 fully saturated rings. The van der Waals surface area contributed by atoms with Crippen molar-refractivity contribution < 1.29 is 9.59 Å². The number of rotatable bonds is 2. The Labute approximate surface area is 124 Å². The van der Waals surface area contributed by atoms with Crippen molar-refractivity contribution in [1.82, 2.24) is 4.98 Å². The average Bonchev–Trinajstić information content (AvgIpc) is 2.75. The van der Waals surface area contributed by atoms with Gasteiger partial charge in [0.15, 0.2) is 0 Å². The molecule has 1 aliphatic carbocycles. The van der Waals surface area contributed by atoms with Gasteiger partial charge in [0.25, 0.3) is 0 Å². The second kappa shape index (κ2) is 5.13. The molecule has 1 atom stereocenters. The topological polar surface area (TPSA) is 76.3 Å². The molecule has 1 unspecified atom stereocenters. The molecule has 2 amide bonds. The van der Waals surface area contributed by atoms with E-state index in [4.69, 9.17) is 5.73 Å². The van der Waals surface area contributed by atoms with E-state index in [2.05, 4.69) is 4.98 Å². The molecule has 21 heavy (non-hydrogen) atoms. The molecule has 1 saturated carbocycles. The van der Waals surface area contributed by atoms with Crippen LogP contribution in [0.4, 0.5) is 5.69 Å². The molecule has 5 heteroatoms. The van der Waals surface area contributed by atoms with E-state index in [1.165, 1.54) is 6.42 Å². The molecule has 112 valence electrons. The van der Waals surface area contributed by atoms with Crippen LogP contribution in [0.25, 0.3) is 0 Å². The summed E-state index contributed by atoms with van der Waals surface area (Å²) < 4.78 is 0. The average molecular weight is 287 g/mol. The van der Waals surface area contributed by atoms with Crippen LogP contribution >= 0.6 is 0 Å². The minimum Gasteiger partial charge on any atom is -0.368 e. The standard InChI is InChI=1S/C16H21N3O2/c1-11-5-6-12(10-18-11)19-13(14(17)20)9-16(15(19)21)7-3-2-4-8-16/h5-6,10,13H,2-4,7-9H2,1H3,(H2,17,20). The normalized spacial score (nSPS) is 24.5. The Morgan fingerprint density at radius 3 is 2.62 bits per heavy atom. The number of nitrogens with zero attached hydrogens (tertiary/aromatic N) is 2. The fraction of sp³-hybridized carbons (Fsp3) is 0.562.